The number of piperidine rings is 1. The summed E-state index contributed by atoms with van der Waals surface area (Å²) in [4.78, 5) is 27.5. The van der Waals surface area contributed by atoms with Crippen molar-refractivity contribution in [3.63, 3.8) is 0 Å². The predicted molar refractivity (Wildman–Crippen MR) is 133 cm³/mol. The maximum Gasteiger partial charge on any atom is 0.251 e. The monoisotopic (exact) mass is 467 g/mol. The molecule has 2 aromatic rings. The standard InChI is InChI=1S/C27H37N3O4/c1-4-33-24-11-10-21(16-25(24)34-5-2)27(32)29-18-26(31)28-17-22-8-6-7-9-23(22)19-30-14-12-20(3)13-15-30/h6-11,16,20H,4-5,12-15,17-19H2,1-3H3,(H,28,31)(H,29,32). The summed E-state index contributed by atoms with van der Waals surface area (Å²) >= 11 is 0. The molecule has 0 saturated carbocycles. The lowest BCUT2D eigenvalue weighted by Gasteiger charge is -2.30. The number of ether oxygens (including phenoxy) is 2. The van der Waals surface area contributed by atoms with Crippen LogP contribution in [0.25, 0.3) is 0 Å². The van der Waals surface area contributed by atoms with E-state index >= 15 is 0 Å². The van der Waals surface area contributed by atoms with Crippen molar-refractivity contribution in [2.24, 2.45) is 5.92 Å². The van der Waals surface area contributed by atoms with Crippen molar-refractivity contribution in [3.05, 3.63) is 59.2 Å². The highest BCUT2D eigenvalue weighted by molar-refractivity contribution is 5.97. The van der Waals surface area contributed by atoms with E-state index in [1.54, 1.807) is 18.2 Å². The summed E-state index contributed by atoms with van der Waals surface area (Å²) in [6, 6.07) is 13.2. The van der Waals surface area contributed by atoms with Gasteiger partial charge in [0, 0.05) is 18.7 Å². The van der Waals surface area contributed by atoms with E-state index in [9.17, 15) is 9.59 Å². The molecule has 0 aliphatic carbocycles. The van der Waals surface area contributed by atoms with Gasteiger partial charge in [-0.1, -0.05) is 31.2 Å². The Kier molecular flexibility index (Phi) is 9.76. The van der Waals surface area contributed by atoms with E-state index in [2.05, 4.69) is 34.6 Å². The SMILES string of the molecule is CCOc1ccc(C(=O)NCC(=O)NCc2ccccc2CN2CCC(C)CC2)cc1OCC. The quantitative estimate of drug-likeness (QED) is 0.526. The van der Waals surface area contributed by atoms with Crippen molar-refractivity contribution >= 4 is 11.8 Å². The average molecular weight is 468 g/mol. The van der Waals surface area contributed by atoms with E-state index < -0.39 is 0 Å². The average Bonchev–Trinajstić information content (AvgIpc) is 2.84. The first-order chi connectivity index (χ1) is 16.5. The van der Waals surface area contributed by atoms with Gasteiger partial charge in [0.05, 0.1) is 19.8 Å². The smallest absolute Gasteiger partial charge is 0.251 e. The second-order valence-corrected chi connectivity index (χ2v) is 8.71. The van der Waals surface area contributed by atoms with Gasteiger partial charge in [0.25, 0.3) is 5.91 Å². The molecule has 0 aromatic heterocycles. The normalized spacial score (nSPS) is 14.4. The molecular formula is C27H37N3O4. The number of benzene rings is 2. The molecule has 184 valence electrons. The highest BCUT2D eigenvalue weighted by Crippen LogP contribution is 2.28. The van der Waals surface area contributed by atoms with Crippen LogP contribution in [0, 0.1) is 5.92 Å². The van der Waals surface area contributed by atoms with E-state index in [1.165, 1.54) is 18.4 Å². The lowest BCUT2D eigenvalue weighted by Crippen LogP contribution is -2.37. The molecule has 1 aliphatic rings. The van der Waals surface area contributed by atoms with Crippen molar-refractivity contribution in [2.75, 3.05) is 32.8 Å². The molecule has 1 fully saturated rings. The second-order valence-electron chi connectivity index (χ2n) is 8.71. The van der Waals surface area contributed by atoms with Gasteiger partial charge in [-0.15, -0.1) is 0 Å². The zero-order valence-corrected chi connectivity index (χ0v) is 20.6. The molecule has 1 aliphatic heterocycles. The van der Waals surface area contributed by atoms with Gasteiger partial charge in [0.1, 0.15) is 0 Å². The third kappa shape index (κ3) is 7.48. The van der Waals surface area contributed by atoms with Gasteiger partial charge in [-0.25, -0.2) is 0 Å². The van der Waals surface area contributed by atoms with Crippen LogP contribution >= 0.6 is 0 Å². The number of nitrogens with one attached hydrogen (secondary N) is 2. The molecule has 1 heterocycles. The zero-order chi connectivity index (χ0) is 24.3. The Hall–Kier alpha value is -3.06. The van der Waals surface area contributed by atoms with E-state index in [1.807, 2.05) is 26.0 Å². The maximum absolute atomic E-state index is 12.6. The number of likely N-dealkylation sites (tertiary alicyclic amines) is 1. The van der Waals surface area contributed by atoms with Gasteiger partial charge in [-0.05, 0) is 75.0 Å². The summed E-state index contributed by atoms with van der Waals surface area (Å²) in [5, 5.41) is 5.62. The topological polar surface area (TPSA) is 79.9 Å². The molecule has 0 bridgehead atoms. The van der Waals surface area contributed by atoms with Gasteiger partial charge >= 0.3 is 0 Å². The van der Waals surface area contributed by atoms with Crippen LogP contribution in [-0.4, -0.2) is 49.6 Å². The molecule has 3 rings (SSSR count). The van der Waals surface area contributed by atoms with Crippen LogP contribution in [0.3, 0.4) is 0 Å². The minimum absolute atomic E-state index is 0.0950. The summed E-state index contributed by atoms with van der Waals surface area (Å²) < 4.78 is 11.1. The van der Waals surface area contributed by atoms with Gasteiger partial charge in [0.15, 0.2) is 11.5 Å². The van der Waals surface area contributed by atoms with E-state index in [4.69, 9.17) is 9.47 Å². The first kappa shape index (κ1) is 25.6. The first-order valence-corrected chi connectivity index (χ1v) is 12.2. The van der Waals surface area contributed by atoms with Crippen LogP contribution in [0.5, 0.6) is 11.5 Å². The van der Waals surface area contributed by atoms with Crippen molar-refractivity contribution in [1.29, 1.82) is 0 Å². The molecule has 2 amide bonds. The van der Waals surface area contributed by atoms with Crippen LogP contribution in [0.1, 0.15) is 55.1 Å². The van der Waals surface area contributed by atoms with Crippen LogP contribution in [-0.2, 0) is 17.9 Å². The third-order valence-electron chi connectivity index (χ3n) is 6.08. The van der Waals surface area contributed by atoms with E-state index in [-0.39, 0.29) is 18.4 Å². The molecule has 1 saturated heterocycles. The van der Waals surface area contributed by atoms with Crippen LogP contribution in [0.2, 0.25) is 0 Å². The highest BCUT2D eigenvalue weighted by Gasteiger charge is 2.17. The minimum atomic E-state index is -0.334. The van der Waals surface area contributed by atoms with Gasteiger partial charge < -0.3 is 20.1 Å². The van der Waals surface area contributed by atoms with Crippen molar-refractivity contribution < 1.29 is 19.1 Å². The van der Waals surface area contributed by atoms with Crippen LogP contribution in [0.15, 0.2) is 42.5 Å². The van der Waals surface area contributed by atoms with Gasteiger partial charge in [0.2, 0.25) is 5.91 Å². The zero-order valence-electron chi connectivity index (χ0n) is 20.6. The Morgan fingerprint density at radius 3 is 2.32 bits per heavy atom. The summed E-state index contributed by atoms with van der Waals surface area (Å²) in [5.41, 5.74) is 2.76. The number of amides is 2. The van der Waals surface area contributed by atoms with Gasteiger partial charge in [-0.2, -0.15) is 0 Å². The largest absolute Gasteiger partial charge is 0.490 e. The van der Waals surface area contributed by atoms with Gasteiger partial charge in [-0.3, -0.25) is 14.5 Å². The van der Waals surface area contributed by atoms with Crippen molar-refractivity contribution in [2.45, 2.75) is 46.7 Å². The number of rotatable bonds is 11. The summed E-state index contributed by atoms with van der Waals surface area (Å²) in [6.07, 6.45) is 2.47. The number of carbonyl (C=O) groups excluding carboxylic acids is 2. The molecule has 0 radical (unpaired) electrons. The fourth-order valence-electron chi connectivity index (χ4n) is 4.06. The Labute approximate surface area is 202 Å². The molecule has 7 nitrogen and oxygen atoms in total. The molecule has 7 heteroatoms. The number of hydrogen-bond acceptors (Lipinski definition) is 5. The van der Waals surface area contributed by atoms with Crippen LogP contribution < -0.4 is 20.1 Å². The third-order valence-corrected chi connectivity index (χ3v) is 6.08. The lowest BCUT2D eigenvalue weighted by molar-refractivity contribution is -0.120. The molecular weight excluding hydrogens is 430 g/mol. The molecule has 2 N–H and O–H groups in total. The molecule has 34 heavy (non-hydrogen) atoms. The molecule has 2 aromatic carbocycles. The molecule has 0 spiro atoms. The fraction of sp³-hybridized carbons (Fsp3) is 0.481. The van der Waals surface area contributed by atoms with E-state index in [0.29, 0.717) is 36.8 Å². The van der Waals surface area contributed by atoms with E-state index in [0.717, 1.165) is 31.1 Å². The Balaban J connectivity index is 1.50. The highest BCUT2D eigenvalue weighted by atomic mass is 16.5. The fourth-order valence-corrected chi connectivity index (χ4v) is 4.06. The first-order valence-electron chi connectivity index (χ1n) is 12.2. The second kappa shape index (κ2) is 13.0. The summed E-state index contributed by atoms with van der Waals surface area (Å²) in [7, 11) is 0. The minimum Gasteiger partial charge on any atom is -0.490 e. The van der Waals surface area contributed by atoms with Crippen molar-refractivity contribution in [3.8, 4) is 11.5 Å². The predicted octanol–water partition coefficient (Wildman–Crippen LogP) is 3.76. The summed E-state index contributed by atoms with van der Waals surface area (Å²) in [5.74, 6) is 1.34. The summed E-state index contributed by atoms with van der Waals surface area (Å²) in [6.45, 7) is 10.5. The molecule has 0 atom stereocenters. The number of nitrogens with zero attached hydrogens (tertiary/aromatic N) is 1. The Morgan fingerprint density at radius 2 is 1.62 bits per heavy atom. The lowest BCUT2D eigenvalue weighted by atomic mass is 9.98. The Bertz CT molecular complexity index is 955. The molecule has 0 unspecified atom stereocenters. The van der Waals surface area contributed by atoms with Crippen molar-refractivity contribution in [1.82, 2.24) is 15.5 Å². The van der Waals surface area contributed by atoms with Crippen LogP contribution in [0.4, 0.5) is 0 Å². The number of hydrogen-bond donors (Lipinski definition) is 2. The Morgan fingerprint density at radius 1 is 0.941 bits per heavy atom. The maximum atomic E-state index is 12.6. The number of carbonyl (C=O) groups is 2.